The summed E-state index contributed by atoms with van der Waals surface area (Å²) < 4.78 is 0. The number of amides is 3. The summed E-state index contributed by atoms with van der Waals surface area (Å²) in [6, 6.07) is 5.86. The summed E-state index contributed by atoms with van der Waals surface area (Å²) in [4.78, 5) is 34.8. The van der Waals surface area contributed by atoms with Gasteiger partial charge in [-0.15, -0.1) is 0 Å². The van der Waals surface area contributed by atoms with Gasteiger partial charge in [-0.25, -0.2) is 0 Å². The van der Waals surface area contributed by atoms with E-state index in [2.05, 4.69) is 10.6 Å². The molecule has 6 heteroatoms. The van der Waals surface area contributed by atoms with Crippen LogP contribution in [0.3, 0.4) is 0 Å². The minimum atomic E-state index is -0.733. The summed E-state index contributed by atoms with van der Waals surface area (Å²) in [7, 11) is 0. The Morgan fingerprint density at radius 1 is 1.19 bits per heavy atom. The first-order valence-corrected chi connectivity index (χ1v) is 6.78. The van der Waals surface area contributed by atoms with Crippen LogP contribution < -0.4 is 16.4 Å². The summed E-state index contributed by atoms with van der Waals surface area (Å²) in [5, 5.41) is 5.19. The monoisotopic (exact) mass is 291 g/mol. The Balaban J connectivity index is 2.92. The molecule has 21 heavy (non-hydrogen) atoms. The van der Waals surface area contributed by atoms with Crippen molar-refractivity contribution in [3.05, 3.63) is 29.8 Å². The molecular weight excluding hydrogens is 270 g/mol. The molecule has 0 fully saturated rings. The largest absolute Gasteiger partial charge is 0.368 e. The lowest BCUT2D eigenvalue weighted by Crippen LogP contribution is -2.45. The average molecular weight is 291 g/mol. The lowest BCUT2D eigenvalue weighted by molar-refractivity contribution is -0.120. The zero-order valence-electron chi connectivity index (χ0n) is 12.5. The normalized spacial score (nSPS) is 11.8. The Bertz CT molecular complexity index is 541. The van der Waals surface area contributed by atoms with E-state index in [0.29, 0.717) is 17.7 Å². The summed E-state index contributed by atoms with van der Waals surface area (Å²) in [5.74, 6) is -1.07. The van der Waals surface area contributed by atoms with Crippen LogP contribution in [0.1, 0.15) is 37.6 Å². The quantitative estimate of drug-likeness (QED) is 0.735. The van der Waals surface area contributed by atoms with Crippen molar-refractivity contribution in [2.24, 2.45) is 11.7 Å². The third kappa shape index (κ3) is 5.25. The molecule has 0 radical (unpaired) electrons. The fraction of sp³-hybridized carbons (Fsp3) is 0.400. The van der Waals surface area contributed by atoms with Gasteiger partial charge in [-0.2, -0.15) is 0 Å². The van der Waals surface area contributed by atoms with Crippen LogP contribution in [0.15, 0.2) is 24.3 Å². The van der Waals surface area contributed by atoms with Crippen LogP contribution in [-0.4, -0.2) is 23.8 Å². The third-order valence-electron chi connectivity index (χ3n) is 2.84. The van der Waals surface area contributed by atoms with Gasteiger partial charge in [-0.1, -0.05) is 26.0 Å². The topological polar surface area (TPSA) is 101 Å². The van der Waals surface area contributed by atoms with Gasteiger partial charge in [0.25, 0.3) is 5.91 Å². The molecule has 1 aromatic rings. The molecule has 0 saturated carbocycles. The van der Waals surface area contributed by atoms with Gasteiger partial charge in [0, 0.05) is 6.92 Å². The van der Waals surface area contributed by atoms with E-state index in [1.165, 1.54) is 6.92 Å². The fourth-order valence-electron chi connectivity index (χ4n) is 1.93. The molecule has 0 unspecified atom stereocenters. The van der Waals surface area contributed by atoms with E-state index in [9.17, 15) is 14.4 Å². The Morgan fingerprint density at radius 3 is 2.33 bits per heavy atom. The van der Waals surface area contributed by atoms with Crippen LogP contribution in [-0.2, 0) is 9.59 Å². The van der Waals surface area contributed by atoms with Crippen molar-refractivity contribution in [3.8, 4) is 0 Å². The maximum atomic E-state index is 12.3. The van der Waals surface area contributed by atoms with Gasteiger partial charge in [0.15, 0.2) is 0 Å². The number of benzene rings is 1. The van der Waals surface area contributed by atoms with E-state index in [-0.39, 0.29) is 11.8 Å². The number of nitrogens with one attached hydrogen (secondary N) is 2. The van der Waals surface area contributed by atoms with Crippen LogP contribution in [0.25, 0.3) is 0 Å². The van der Waals surface area contributed by atoms with E-state index >= 15 is 0 Å². The Morgan fingerprint density at radius 2 is 1.81 bits per heavy atom. The number of anilines is 1. The Kier molecular flexibility index (Phi) is 5.90. The first kappa shape index (κ1) is 16.7. The molecule has 0 saturated heterocycles. The SMILES string of the molecule is CC(=O)Nc1ccccc1C(=O)N[C@@H](CC(C)C)C(N)=O. The second-order valence-corrected chi connectivity index (χ2v) is 5.28. The Hall–Kier alpha value is -2.37. The van der Waals surface area contributed by atoms with E-state index in [0.717, 1.165) is 0 Å². The minimum Gasteiger partial charge on any atom is -0.368 e. The molecule has 0 aliphatic carbocycles. The highest BCUT2D eigenvalue weighted by Crippen LogP contribution is 2.15. The van der Waals surface area contributed by atoms with Gasteiger partial charge >= 0.3 is 0 Å². The molecule has 0 spiro atoms. The first-order chi connectivity index (χ1) is 9.81. The molecule has 6 nitrogen and oxygen atoms in total. The molecular formula is C15H21N3O3. The molecule has 114 valence electrons. The molecule has 0 heterocycles. The number of primary amides is 1. The molecule has 1 atom stereocenters. The van der Waals surface area contributed by atoms with Crippen molar-refractivity contribution in [2.45, 2.75) is 33.2 Å². The predicted octanol–water partition coefficient (Wildman–Crippen LogP) is 1.27. The maximum Gasteiger partial charge on any atom is 0.254 e. The second-order valence-electron chi connectivity index (χ2n) is 5.28. The summed E-state index contributed by atoms with van der Waals surface area (Å²) in [5.41, 5.74) is 6.00. The molecule has 0 aliphatic heterocycles. The number of carbonyl (C=O) groups excluding carboxylic acids is 3. The summed E-state index contributed by atoms with van der Waals surface area (Å²) in [6.45, 7) is 5.24. The van der Waals surface area contributed by atoms with E-state index in [1.54, 1.807) is 24.3 Å². The lowest BCUT2D eigenvalue weighted by Gasteiger charge is -2.18. The van der Waals surface area contributed by atoms with Gasteiger partial charge < -0.3 is 16.4 Å². The van der Waals surface area contributed by atoms with Crippen LogP contribution in [0.2, 0.25) is 0 Å². The lowest BCUT2D eigenvalue weighted by atomic mass is 10.0. The second kappa shape index (κ2) is 7.42. The van der Waals surface area contributed by atoms with E-state index in [1.807, 2.05) is 13.8 Å². The molecule has 1 aromatic carbocycles. The van der Waals surface area contributed by atoms with Crippen molar-refractivity contribution in [1.29, 1.82) is 0 Å². The van der Waals surface area contributed by atoms with Crippen LogP contribution in [0, 0.1) is 5.92 Å². The minimum absolute atomic E-state index is 0.216. The number of nitrogens with two attached hydrogens (primary N) is 1. The number of para-hydroxylation sites is 1. The van der Waals surface area contributed by atoms with Gasteiger partial charge in [0.1, 0.15) is 6.04 Å². The Labute approximate surface area is 124 Å². The standard InChI is InChI=1S/C15H21N3O3/c1-9(2)8-13(14(16)20)18-15(21)11-6-4-5-7-12(11)17-10(3)19/h4-7,9,13H,8H2,1-3H3,(H2,16,20)(H,17,19)(H,18,21)/t13-/m0/s1. The van der Waals surface area contributed by atoms with Crippen molar-refractivity contribution < 1.29 is 14.4 Å². The highest BCUT2D eigenvalue weighted by atomic mass is 16.2. The van der Waals surface area contributed by atoms with Crippen LogP contribution in [0.5, 0.6) is 0 Å². The van der Waals surface area contributed by atoms with Gasteiger partial charge in [-0.3, -0.25) is 14.4 Å². The predicted molar refractivity (Wildman–Crippen MR) is 80.6 cm³/mol. The number of hydrogen-bond acceptors (Lipinski definition) is 3. The molecule has 4 N–H and O–H groups in total. The number of carbonyl (C=O) groups is 3. The summed E-state index contributed by atoms with van der Waals surface area (Å²) in [6.07, 6.45) is 0.462. The van der Waals surface area contributed by atoms with E-state index < -0.39 is 17.9 Å². The molecule has 0 bridgehead atoms. The van der Waals surface area contributed by atoms with Crippen molar-refractivity contribution in [2.75, 3.05) is 5.32 Å². The highest BCUT2D eigenvalue weighted by molar-refractivity contribution is 6.04. The summed E-state index contributed by atoms with van der Waals surface area (Å²) >= 11 is 0. The maximum absolute atomic E-state index is 12.3. The van der Waals surface area contributed by atoms with Gasteiger partial charge in [0.05, 0.1) is 11.3 Å². The molecule has 1 rings (SSSR count). The molecule has 0 aliphatic rings. The molecule has 3 amide bonds. The van der Waals surface area contributed by atoms with Crippen molar-refractivity contribution in [1.82, 2.24) is 5.32 Å². The zero-order chi connectivity index (χ0) is 16.0. The average Bonchev–Trinajstić information content (AvgIpc) is 2.37. The molecule has 0 aromatic heterocycles. The van der Waals surface area contributed by atoms with E-state index in [4.69, 9.17) is 5.73 Å². The number of rotatable bonds is 6. The van der Waals surface area contributed by atoms with Gasteiger partial charge in [-0.05, 0) is 24.5 Å². The van der Waals surface area contributed by atoms with Crippen molar-refractivity contribution >= 4 is 23.4 Å². The first-order valence-electron chi connectivity index (χ1n) is 6.78. The van der Waals surface area contributed by atoms with Crippen LogP contribution >= 0.6 is 0 Å². The fourth-order valence-corrected chi connectivity index (χ4v) is 1.93. The third-order valence-corrected chi connectivity index (χ3v) is 2.84. The number of hydrogen-bond donors (Lipinski definition) is 3. The van der Waals surface area contributed by atoms with Gasteiger partial charge in [0.2, 0.25) is 11.8 Å². The highest BCUT2D eigenvalue weighted by Gasteiger charge is 2.21. The van der Waals surface area contributed by atoms with Crippen molar-refractivity contribution in [3.63, 3.8) is 0 Å². The smallest absolute Gasteiger partial charge is 0.254 e. The zero-order valence-corrected chi connectivity index (χ0v) is 12.5. The van der Waals surface area contributed by atoms with Crippen LogP contribution in [0.4, 0.5) is 5.69 Å².